The first kappa shape index (κ1) is 19.4. The van der Waals surface area contributed by atoms with E-state index in [4.69, 9.17) is 4.74 Å². The van der Waals surface area contributed by atoms with Crippen molar-refractivity contribution < 1.29 is 4.74 Å². The van der Waals surface area contributed by atoms with Gasteiger partial charge in [0.15, 0.2) is 5.82 Å². The number of aromatic nitrogens is 4. The fourth-order valence-electron chi connectivity index (χ4n) is 6.08. The van der Waals surface area contributed by atoms with E-state index < -0.39 is 0 Å². The van der Waals surface area contributed by atoms with E-state index in [9.17, 15) is 5.26 Å². The molecule has 2 saturated heterocycles. The molecule has 1 aromatic carbocycles. The van der Waals surface area contributed by atoms with Gasteiger partial charge in [-0.3, -0.25) is 4.90 Å². The molecule has 7 rings (SSSR count). The molecule has 0 bridgehead atoms. The standard InChI is InChI=1S/C25H27N7O/c1-17-11-30(6-7-31(17)20-12-33-13-20)22-9-23(28-16-27-22)32-21-8-19(3-2-18(21)10-29-32)25(15-26)14-24(25)4-5-24/h2-3,8-10,16-17,20H,4-7,11-14H2,1H3. The van der Waals surface area contributed by atoms with Gasteiger partial charge in [-0.25, -0.2) is 14.6 Å². The zero-order valence-electron chi connectivity index (χ0n) is 18.8. The summed E-state index contributed by atoms with van der Waals surface area (Å²) in [7, 11) is 0. The van der Waals surface area contributed by atoms with Gasteiger partial charge in [-0.1, -0.05) is 12.1 Å². The van der Waals surface area contributed by atoms with Gasteiger partial charge in [-0.2, -0.15) is 10.4 Å². The van der Waals surface area contributed by atoms with Gasteiger partial charge < -0.3 is 9.64 Å². The topological polar surface area (TPSA) is 83.1 Å². The highest BCUT2D eigenvalue weighted by atomic mass is 16.5. The van der Waals surface area contributed by atoms with Crippen LogP contribution in [0.4, 0.5) is 5.82 Å². The first-order valence-electron chi connectivity index (χ1n) is 11.9. The van der Waals surface area contributed by atoms with Gasteiger partial charge in [-0.15, -0.1) is 0 Å². The number of anilines is 1. The lowest BCUT2D eigenvalue weighted by Crippen LogP contribution is -2.60. The molecule has 4 heterocycles. The maximum absolute atomic E-state index is 9.96. The highest BCUT2D eigenvalue weighted by Crippen LogP contribution is 2.78. The number of rotatable bonds is 4. The monoisotopic (exact) mass is 441 g/mol. The molecule has 8 heteroatoms. The highest BCUT2D eigenvalue weighted by Gasteiger charge is 2.75. The Balaban J connectivity index is 1.19. The van der Waals surface area contributed by atoms with E-state index in [1.807, 2.05) is 16.9 Å². The summed E-state index contributed by atoms with van der Waals surface area (Å²) in [4.78, 5) is 14.0. The summed E-state index contributed by atoms with van der Waals surface area (Å²) in [5.74, 6) is 1.70. The molecule has 8 nitrogen and oxygen atoms in total. The fourth-order valence-corrected chi connectivity index (χ4v) is 6.08. The molecule has 4 aliphatic rings. The molecule has 2 aromatic heterocycles. The number of nitrogens with zero attached hydrogens (tertiary/aromatic N) is 7. The Labute approximate surface area is 192 Å². The van der Waals surface area contributed by atoms with E-state index in [0.29, 0.717) is 12.1 Å². The minimum atomic E-state index is -0.311. The van der Waals surface area contributed by atoms with Crippen molar-refractivity contribution in [3.8, 4) is 11.9 Å². The SMILES string of the molecule is CC1CN(c2cc(-n3ncc4ccc(C5(C#N)CC56CC6)cc43)ncn2)CCN1C1COC1. The summed E-state index contributed by atoms with van der Waals surface area (Å²) in [6, 6.07) is 12.1. The summed E-state index contributed by atoms with van der Waals surface area (Å²) >= 11 is 0. The third kappa shape index (κ3) is 2.79. The maximum Gasteiger partial charge on any atom is 0.159 e. The van der Waals surface area contributed by atoms with Crippen LogP contribution in [0, 0.1) is 16.7 Å². The van der Waals surface area contributed by atoms with Crippen LogP contribution >= 0.6 is 0 Å². The zero-order chi connectivity index (χ0) is 22.2. The molecule has 0 amide bonds. The number of ether oxygens (including phenoxy) is 1. The second-order valence-corrected chi connectivity index (χ2v) is 10.3. The minimum Gasteiger partial charge on any atom is -0.378 e. The molecular weight excluding hydrogens is 414 g/mol. The smallest absolute Gasteiger partial charge is 0.159 e. The predicted molar refractivity (Wildman–Crippen MR) is 123 cm³/mol. The van der Waals surface area contributed by atoms with Crippen LogP contribution in [0.2, 0.25) is 0 Å². The number of benzene rings is 1. The third-order valence-corrected chi connectivity index (χ3v) is 8.44. The van der Waals surface area contributed by atoms with E-state index in [0.717, 1.165) is 67.4 Å². The number of hydrogen-bond acceptors (Lipinski definition) is 7. The quantitative estimate of drug-likeness (QED) is 0.616. The second kappa shape index (κ2) is 6.75. The van der Waals surface area contributed by atoms with Gasteiger partial charge in [0.2, 0.25) is 0 Å². The van der Waals surface area contributed by atoms with Crippen molar-refractivity contribution in [3.05, 3.63) is 42.4 Å². The first-order valence-corrected chi connectivity index (χ1v) is 11.9. The molecule has 168 valence electrons. The predicted octanol–water partition coefficient (Wildman–Crippen LogP) is 2.67. The molecule has 0 N–H and O–H groups in total. The van der Waals surface area contributed by atoms with Crippen molar-refractivity contribution in [1.29, 1.82) is 5.26 Å². The van der Waals surface area contributed by atoms with Crippen LogP contribution in [0.15, 0.2) is 36.8 Å². The molecular formula is C25H27N7O. The first-order chi connectivity index (χ1) is 16.1. The Bertz CT molecular complexity index is 1290. The number of piperazine rings is 1. The van der Waals surface area contributed by atoms with E-state index in [-0.39, 0.29) is 10.8 Å². The zero-order valence-corrected chi connectivity index (χ0v) is 18.8. The van der Waals surface area contributed by atoms with Crippen molar-refractivity contribution in [3.63, 3.8) is 0 Å². The van der Waals surface area contributed by atoms with Crippen LogP contribution in [0.25, 0.3) is 16.7 Å². The molecule has 2 unspecified atom stereocenters. The van der Waals surface area contributed by atoms with Crippen molar-refractivity contribution in [2.24, 2.45) is 5.41 Å². The van der Waals surface area contributed by atoms with Crippen LogP contribution in [-0.2, 0) is 10.2 Å². The van der Waals surface area contributed by atoms with Crippen molar-refractivity contribution >= 4 is 16.7 Å². The van der Waals surface area contributed by atoms with Crippen molar-refractivity contribution in [2.75, 3.05) is 37.7 Å². The Hall–Kier alpha value is -3.02. The lowest BCUT2D eigenvalue weighted by molar-refractivity contribution is -0.0793. The Kier molecular flexibility index (Phi) is 3.98. The van der Waals surface area contributed by atoms with Crippen LogP contribution < -0.4 is 4.90 Å². The minimum absolute atomic E-state index is 0.243. The third-order valence-electron chi connectivity index (χ3n) is 8.44. The number of fused-ring (bicyclic) bond motifs is 1. The Morgan fingerprint density at radius 3 is 2.67 bits per heavy atom. The molecule has 2 aliphatic heterocycles. The maximum atomic E-state index is 9.96. The Morgan fingerprint density at radius 1 is 1.12 bits per heavy atom. The summed E-state index contributed by atoms with van der Waals surface area (Å²) in [5.41, 5.74) is 2.05. The van der Waals surface area contributed by atoms with Crippen LogP contribution in [0.3, 0.4) is 0 Å². The second-order valence-electron chi connectivity index (χ2n) is 10.3. The fraction of sp³-hybridized carbons (Fsp3) is 0.520. The molecule has 3 aromatic rings. The molecule has 33 heavy (non-hydrogen) atoms. The summed E-state index contributed by atoms with van der Waals surface area (Å²) in [6.45, 7) is 6.87. The average Bonchev–Trinajstić information content (AvgIpc) is 3.68. The largest absolute Gasteiger partial charge is 0.378 e. The molecule has 2 atom stereocenters. The van der Waals surface area contributed by atoms with E-state index in [2.05, 4.69) is 56.1 Å². The van der Waals surface area contributed by atoms with Gasteiger partial charge in [0.25, 0.3) is 0 Å². The molecule has 1 spiro atoms. The van der Waals surface area contributed by atoms with Gasteiger partial charge in [0.05, 0.1) is 42.5 Å². The van der Waals surface area contributed by atoms with Gasteiger partial charge in [0, 0.05) is 37.1 Å². The molecule has 4 fully saturated rings. The molecule has 2 aliphatic carbocycles. The van der Waals surface area contributed by atoms with Crippen LogP contribution in [0.1, 0.15) is 31.7 Å². The van der Waals surface area contributed by atoms with Crippen molar-refractivity contribution in [2.45, 2.75) is 43.7 Å². The lowest BCUT2D eigenvalue weighted by Gasteiger charge is -2.46. The lowest BCUT2D eigenvalue weighted by atomic mass is 9.93. The number of hydrogen-bond donors (Lipinski definition) is 0. The van der Waals surface area contributed by atoms with Gasteiger partial charge in [-0.05, 0) is 43.2 Å². The summed E-state index contributed by atoms with van der Waals surface area (Å²) in [5, 5.41) is 15.7. The summed E-state index contributed by atoms with van der Waals surface area (Å²) < 4.78 is 7.28. The van der Waals surface area contributed by atoms with Gasteiger partial charge in [0.1, 0.15) is 12.1 Å². The Morgan fingerprint density at radius 2 is 1.97 bits per heavy atom. The van der Waals surface area contributed by atoms with Gasteiger partial charge >= 0.3 is 0 Å². The van der Waals surface area contributed by atoms with Crippen LogP contribution in [0.5, 0.6) is 0 Å². The van der Waals surface area contributed by atoms with E-state index in [1.54, 1.807) is 6.33 Å². The van der Waals surface area contributed by atoms with Crippen molar-refractivity contribution in [1.82, 2.24) is 24.6 Å². The highest BCUT2D eigenvalue weighted by molar-refractivity contribution is 5.82. The molecule has 0 radical (unpaired) electrons. The normalized spacial score (nSPS) is 28.6. The molecule has 2 saturated carbocycles. The average molecular weight is 442 g/mol. The van der Waals surface area contributed by atoms with E-state index in [1.165, 1.54) is 12.8 Å². The van der Waals surface area contributed by atoms with E-state index >= 15 is 0 Å². The summed E-state index contributed by atoms with van der Waals surface area (Å²) in [6.07, 6.45) is 6.85. The van der Waals surface area contributed by atoms with Crippen LogP contribution in [-0.4, -0.2) is 69.6 Å². The number of nitriles is 1.